The number of ether oxygens (including phenoxy) is 3. The van der Waals surface area contributed by atoms with Gasteiger partial charge in [0.25, 0.3) is 0 Å². The molecule has 0 N–H and O–H groups in total. The normalized spacial score (nSPS) is 17.2. The maximum Gasteiger partial charge on any atom is 0.405 e. The van der Waals surface area contributed by atoms with E-state index in [1.54, 1.807) is 60.7 Å². The zero-order valence-electron chi connectivity index (χ0n) is 15.9. The fraction of sp³-hybridized carbons (Fsp3) is 0.217. The number of hydrogen-bond donors (Lipinski definition) is 0. The lowest BCUT2D eigenvalue weighted by Crippen LogP contribution is -2.38. The van der Waals surface area contributed by atoms with E-state index in [9.17, 15) is 8.78 Å². The van der Waals surface area contributed by atoms with Crippen molar-refractivity contribution in [3.63, 3.8) is 0 Å². The second-order valence-corrected chi connectivity index (χ2v) is 6.84. The van der Waals surface area contributed by atoms with Crippen molar-refractivity contribution in [3.8, 4) is 28.4 Å². The molecule has 0 saturated carbocycles. The highest BCUT2D eigenvalue weighted by Gasteiger charge is 2.48. The van der Waals surface area contributed by atoms with Gasteiger partial charge in [0.2, 0.25) is 0 Å². The molecule has 3 aromatic carbocycles. The molecule has 0 saturated heterocycles. The summed E-state index contributed by atoms with van der Waals surface area (Å²) in [5, 5.41) is 0. The zero-order chi connectivity index (χ0) is 20.6. The van der Waals surface area contributed by atoms with Gasteiger partial charge in [-0.1, -0.05) is 36.4 Å². The van der Waals surface area contributed by atoms with E-state index in [2.05, 4.69) is 0 Å². The second-order valence-electron chi connectivity index (χ2n) is 6.84. The zero-order valence-corrected chi connectivity index (χ0v) is 15.9. The molecule has 1 unspecified atom stereocenters. The highest BCUT2D eigenvalue weighted by atomic mass is 19.3. The first-order chi connectivity index (χ1) is 13.9. The third-order valence-electron chi connectivity index (χ3n) is 5.17. The van der Waals surface area contributed by atoms with Crippen molar-refractivity contribution in [1.82, 2.24) is 0 Å². The Morgan fingerprint density at radius 2 is 1.45 bits per heavy atom. The van der Waals surface area contributed by atoms with E-state index in [1.165, 1.54) is 14.2 Å². The minimum Gasteiger partial charge on any atom is -0.497 e. The second kappa shape index (κ2) is 7.35. The Morgan fingerprint density at radius 1 is 0.862 bits per heavy atom. The van der Waals surface area contributed by atoms with Gasteiger partial charge in [0.05, 0.1) is 20.1 Å². The first-order valence-electron chi connectivity index (χ1n) is 9.09. The van der Waals surface area contributed by atoms with Gasteiger partial charge in [-0.3, -0.25) is 0 Å². The van der Waals surface area contributed by atoms with Crippen LogP contribution in [0.5, 0.6) is 17.2 Å². The summed E-state index contributed by atoms with van der Waals surface area (Å²) < 4.78 is 59.8. The standard InChI is InChI=1S/C23H19F3O3/c1-27-17-8-3-14(4-9-17)19-12-7-16-13-20(15-5-10-18(28-2)11-6-15)23(25,26)29-22(16)21(19)24/h3-12,20H,13H2,1-2H3. The number of hydrogen-bond acceptors (Lipinski definition) is 3. The fourth-order valence-electron chi connectivity index (χ4n) is 3.55. The Kier molecular flexibility index (Phi) is 4.86. The summed E-state index contributed by atoms with van der Waals surface area (Å²) in [5.74, 6) is -1.21. The molecule has 4 rings (SSSR count). The molecule has 1 heterocycles. The van der Waals surface area contributed by atoms with Gasteiger partial charge in [0.15, 0.2) is 11.6 Å². The monoisotopic (exact) mass is 400 g/mol. The molecule has 3 nitrogen and oxygen atoms in total. The van der Waals surface area contributed by atoms with Crippen molar-refractivity contribution in [2.24, 2.45) is 0 Å². The van der Waals surface area contributed by atoms with E-state index in [0.717, 1.165) is 0 Å². The number of alkyl halides is 2. The van der Waals surface area contributed by atoms with Gasteiger partial charge in [-0.05, 0) is 47.4 Å². The van der Waals surface area contributed by atoms with Crippen LogP contribution in [-0.2, 0) is 6.42 Å². The molecule has 1 aliphatic heterocycles. The van der Waals surface area contributed by atoms with Crippen molar-refractivity contribution in [2.45, 2.75) is 18.4 Å². The fourth-order valence-corrected chi connectivity index (χ4v) is 3.55. The van der Waals surface area contributed by atoms with Crippen LogP contribution >= 0.6 is 0 Å². The third kappa shape index (κ3) is 3.50. The average Bonchev–Trinajstić information content (AvgIpc) is 2.74. The minimum absolute atomic E-state index is 0.0333. The van der Waals surface area contributed by atoms with Gasteiger partial charge in [-0.15, -0.1) is 0 Å². The van der Waals surface area contributed by atoms with E-state index in [1.807, 2.05) is 0 Å². The molecule has 0 bridgehead atoms. The smallest absolute Gasteiger partial charge is 0.405 e. The van der Waals surface area contributed by atoms with Gasteiger partial charge in [0, 0.05) is 5.56 Å². The van der Waals surface area contributed by atoms with Crippen LogP contribution in [0, 0.1) is 5.82 Å². The molecule has 3 aromatic rings. The SMILES string of the molecule is COc1ccc(-c2ccc3c(c2F)OC(F)(F)C(c2ccc(OC)cc2)C3)cc1. The summed E-state index contributed by atoms with van der Waals surface area (Å²) in [4.78, 5) is 0. The Morgan fingerprint density at radius 3 is 2.03 bits per heavy atom. The summed E-state index contributed by atoms with van der Waals surface area (Å²) in [5.41, 5.74) is 1.56. The van der Waals surface area contributed by atoms with Gasteiger partial charge in [0.1, 0.15) is 11.5 Å². The van der Waals surface area contributed by atoms with Crippen LogP contribution in [0.3, 0.4) is 0 Å². The van der Waals surface area contributed by atoms with Crippen molar-refractivity contribution in [3.05, 3.63) is 77.6 Å². The molecule has 6 heteroatoms. The molecule has 0 radical (unpaired) electrons. The minimum atomic E-state index is -3.54. The van der Waals surface area contributed by atoms with Crippen LogP contribution in [0.1, 0.15) is 17.0 Å². The number of fused-ring (bicyclic) bond motifs is 1. The van der Waals surface area contributed by atoms with Crippen LogP contribution in [-0.4, -0.2) is 20.3 Å². The molecule has 0 spiro atoms. The number of rotatable bonds is 4. The maximum absolute atomic E-state index is 15.1. The number of halogens is 3. The summed E-state index contributed by atoms with van der Waals surface area (Å²) >= 11 is 0. The molecule has 0 aliphatic carbocycles. The summed E-state index contributed by atoms with van der Waals surface area (Å²) in [6.45, 7) is 0. The highest BCUT2D eigenvalue weighted by molar-refractivity contribution is 5.68. The van der Waals surface area contributed by atoms with Crippen LogP contribution in [0.2, 0.25) is 0 Å². The summed E-state index contributed by atoms with van der Waals surface area (Å²) in [6.07, 6.45) is -3.57. The summed E-state index contributed by atoms with van der Waals surface area (Å²) in [6, 6.07) is 16.3. The first kappa shape index (κ1) is 19.2. The van der Waals surface area contributed by atoms with Crippen LogP contribution in [0.15, 0.2) is 60.7 Å². The molecule has 0 aromatic heterocycles. The Labute approximate surface area is 166 Å². The van der Waals surface area contributed by atoms with Crippen LogP contribution in [0.4, 0.5) is 13.2 Å². The molecule has 0 fully saturated rings. The van der Waals surface area contributed by atoms with E-state index in [0.29, 0.717) is 28.2 Å². The summed E-state index contributed by atoms with van der Waals surface area (Å²) in [7, 11) is 3.04. The quantitative estimate of drug-likeness (QED) is 0.552. The van der Waals surface area contributed by atoms with Gasteiger partial charge < -0.3 is 14.2 Å². The Balaban J connectivity index is 1.70. The van der Waals surface area contributed by atoms with Crippen LogP contribution in [0.25, 0.3) is 11.1 Å². The van der Waals surface area contributed by atoms with Gasteiger partial charge in [-0.25, -0.2) is 4.39 Å². The van der Waals surface area contributed by atoms with E-state index in [-0.39, 0.29) is 12.0 Å². The lowest BCUT2D eigenvalue weighted by atomic mass is 9.87. The molecule has 1 aliphatic rings. The topological polar surface area (TPSA) is 27.7 Å². The number of benzene rings is 3. The number of methoxy groups -OCH3 is 2. The van der Waals surface area contributed by atoms with Crippen molar-refractivity contribution < 1.29 is 27.4 Å². The molecule has 150 valence electrons. The average molecular weight is 400 g/mol. The molecule has 1 atom stereocenters. The van der Waals surface area contributed by atoms with E-state index >= 15 is 4.39 Å². The van der Waals surface area contributed by atoms with Crippen molar-refractivity contribution >= 4 is 0 Å². The Hall–Kier alpha value is -3.15. The van der Waals surface area contributed by atoms with Crippen molar-refractivity contribution in [1.29, 1.82) is 0 Å². The predicted octanol–water partition coefficient (Wildman–Crippen LogP) is 5.82. The maximum atomic E-state index is 15.1. The lowest BCUT2D eigenvalue weighted by Gasteiger charge is -2.33. The first-order valence-corrected chi connectivity index (χ1v) is 9.09. The highest BCUT2D eigenvalue weighted by Crippen LogP contribution is 2.47. The van der Waals surface area contributed by atoms with E-state index < -0.39 is 23.6 Å². The molecular weight excluding hydrogens is 381 g/mol. The van der Waals surface area contributed by atoms with Gasteiger partial charge >= 0.3 is 6.11 Å². The Bertz CT molecular complexity index is 1010. The predicted molar refractivity (Wildman–Crippen MR) is 103 cm³/mol. The lowest BCUT2D eigenvalue weighted by molar-refractivity contribution is -0.203. The largest absolute Gasteiger partial charge is 0.497 e. The molecule has 0 amide bonds. The van der Waals surface area contributed by atoms with Crippen LogP contribution < -0.4 is 14.2 Å². The molecule has 29 heavy (non-hydrogen) atoms. The van der Waals surface area contributed by atoms with Crippen molar-refractivity contribution in [2.75, 3.05) is 14.2 Å². The van der Waals surface area contributed by atoms with E-state index in [4.69, 9.17) is 14.2 Å². The third-order valence-corrected chi connectivity index (χ3v) is 5.17. The molecular formula is C23H19F3O3. The van der Waals surface area contributed by atoms with Gasteiger partial charge in [-0.2, -0.15) is 8.78 Å².